The second-order valence-electron chi connectivity index (χ2n) is 2.14. The van der Waals surface area contributed by atoms with Crippen LogP contribution >= 0.6 is 12.6 Å². The van der Waals surface area contributed by atoms with E-state index in [9.17, 15) is 14.4 Å². The molecule has 0 aliphatic heterocycles. The summed E-state index contributed by atoms with van der Waals surface area (Å²) < 4.78 is 0. The molecule has 0 radical (unpaired) electrons. The second kappa shape index (κ2) is 9.03. The zero-order chi connectivity index (χ0) is 12.4. The van der Waals surface area contributed by atoms with E-state index in [0.717, 1.165) is 0 Å². The number of hydrogen-bond donors (Lipinski definition) is 5. The van der Waals surface area contributed by atoms with Gasteiger partial charge in [-0.05, 0) is 0 Å². The molecule has 0 aromatic carbocycles. The minimum Gasteiger partial charge on any atom is -0.480 e. The highest BCUT2D eigenvalue weighted by molar-refractivity contribution is 7.80. The fourth-order valence-corrected chi connectivity index (χ4v) is 0.377. The number of aliphatic carboxylic acids is 3. The molecule has 0 aliphatic carbocycles. The van der Waals surface area contributed by atoms with Gasteiger partial charge in [0.1, 0.15) is 6.04 Å². The van der Waals surface area contributed by atoms with Gasteiger partial charge in [0.15, 0.2) is 0 Å². The van der Waals surface area contributed by atoms with E-state index in [4.69, 9.17) is 21.1 Å². The monoisotopic (exact) mass is 237 g/mol. The predicted molar refractivity (Wildman–Crippen MR) is 53.9 cm³/mol. The molecule has 0 spiro atoms. The van der Waals surface area contributed by atoms with E-state index >= 15 is 0 Å². The standard InChI is InChI=1S/C4H4O4.C3H7NO2S/c5-3(6)1-2-4(7)8;4-2(1-7)3(5)6/h1-2H,(H,5,6)(H,7,8);2,7H,1,4H2,(H,5,6)/b2-1+;. The van der Waals surface area contributed by atoms with Crippen molar-refractivity contribution in [2.75, 3.05) is 5.75 Å². The third kappa shape index (κ3) is 15.2. The van der Waals surface area contributed by atoms with Crippen LogP contribution < -0.4 is 5.73 Å². The number of rotatable bonds is 4. The maximum atomic E-state index is 9.76. The minimum absolute atomic E-state index is 0.190. The largest absolute Gasteiger partial charge is 0.480 e. The third-order valence-corrected chi connectivity index (χ3v) is 1.28. The summed E-state index contributed by atoms with van der Waals surface area (Å²) in [5, 5.41) is 23.6. The Labute approximate surface area is 90.6 Å². The van der Waals surface area contributed by atoms with Crippen molar-refractivity contribution in [3.05, 3.63) is 12.2 Å². The molecule has 0 aliphatic rings. The van der Waals surface area contributed by atoms with Gasteiger partial charge in [-0.1, -0.05) is 0 Å². The predicted octanol–water partition coefficient (Wildman–Crippen LogP) is -0.960. The van der Waals surface area contributed by atoms with Crippen LogP contribution in [0.2, 0.25) is 0 Å². The Balaban J connectivity index is 0. The summed E-state index contributed by atoms with van der Waals surface area (Å²) in [4.78, 5) is 28.9. The van der Waals surface area contributed by atoms with Gasteiger partial charge in [-0.25, -0.2) is 9.59 Å². The van der Waals surface area contributed by atoms with E-state index in [0.29, 0.717) is 12.2 Å². The van der Waals surface area contributed by atoms with Gasteiger partial charge < -0.3 is 21.1 Å². The zero-order valence-electron chi connectivity index (χ0n) is 7.53. The Morgan fingerprint density at radius 1 is 1.13 bits per heavy atom. The van der Waals surface area contributed by atoms with Crippen LogP contribution in [-0.2, 0) is 14.4 Å². The van der Waals surface area contributed by atoms with Gasteiger partial charge in [0, 0.05) is 17.9 Å². The molecular formula is C7H11NO6S. The lowest BCUT2D eigenvalue weighted by molar-refractivity contribution is -0.138. The lowest BCUT2D eigenvalue weighted by Crippen LogP contribution is -2.31. The van der Waals surface area contributed by atoms with Gasteiger partial charge in [0.05, 0.1) is 0 Å². The van der Waals surface area contributed by atoms with Gasteiger partial charge >= 0.3 is 17.9 Å². The summed E-state index contributed by atoms with van der Waals surface area (Å²) >= 11 is 3.65. The molecule has 15 heavy (non-hydrogen) atoms. The van der Waals surface area contributed by atoms with Crippen molar-refractivity contribution >= 4 is 30.5 Å². The van der Waals surface area contributed by atoms with E-state index in [2.05, 4.69) is 12.6 Å². The average molecular weight is 237 g/mol. The van der Waals surface area contributed by atoms with Crippen molar-refractivity contribution in [1.82, 2.24) is 0 Å². The van der Waals surface area contributed by atoms with Gasteiger partial charge in [0.25, 0.3) is 0 Å². The van der Waals surface area contributed by atoms with Crippen LogP contribution in [0.1, 0.15) is 0 Å². The Hall–Kier alpha value is -1.54. The van der Waals surface area contributed by atoms with Crippen LogP contribution in [0.3, 0.4) is 0 Å². The topological polar surface area (TPSA) is 138 Å². The maximum Gasteiger partial charge on any atom is 0.328 e. The first-order valence-electron chi connectivity index (χ1n) is 3.54. The number of carbonyl (C=O) groups is 3. The molecule has 5 N–H and O–H groups in total. The summed E-state index contributed by atoms with van der Waals surface area (Å²) in [5.74, 6) is -3.33. The van der Waals surface area contributed by atoms with E-state index < -0.39 is 23.9 Å². The quantitative estimate of drug-likeness (QED) is 0.313. The van der Waals surface area contributed by atoms with Crippen LogP contribution in [-0.4, -0.2) is 45.0 Å². The van der Waals surface area contributed by atoms with Crippen molar-refractivity contribution in [2.45, 2.75) is 6.04 Å². The molecule has 0 saturated heterocycles. The molecule has 1 atom stereocenters. The normalized spacial score (nSPS) is 11.3. The minimum atomic E-state index is -1.26. The van der Waals surface area contributed by atoms with Crippen LogP contribution in [0.5, 0.6) is 0 Å². The summed E-state index contributed by atoms with van der Waals surface area (Å²) in [7, 11) is 0. The van der Waals surface area contributed by atoms with Crippen LogP contribution in [0.4, 0.5) is 0 Å². The van der Waals surface area contributed by atoms with Gasteiger partial charge in [0.2, 0.25) is 0 Å². The number of nitrogens with two attached hydrogens (primary N) is 1. The first-order chi connectivity index (χ1) is 6.81. The smallest absolute Gasteiger partial charge is 0.328 e. The molecule has 7 nitrogen and oxygen atoms in total. The van der Waals surface area contributed by atoms with E-state index in [1.54, 1.807) is 0 Å². The van der Waals surface area contributed by atoms with Crippen molar-refractivity contribution < 1.29 is 29.7 Å². The lowest BCUT2D eigenvalue weighted by Gasteiger charge is -1.96. The average Bonchev–Trinajstić information content (AvgIpc) is 2.14. The Morgan fingerprint density at radius 3 is 1.53 bits per heavy atom. The van der Waals surface area contributed by atoms with Crippen LogP contribution in [0.15, 0.2) is 12.2 Å². The molecule has 0 heterocycles. The summed E-state index contributed by atoms with van der Waals surface area (Å²) in [6.45, 7) is 0. The van der Waals surface area contributed by atoms with Crippen LogP contribution in [0, 0.1) is 0 Å². The molecule has 0 aromatic rings. The fourth-order valence-electron chi connectivity index (χ4n) is 0.221. The fraction of sp³-hybridized carbons (Fsp3) is 0.286. The van der Waals surface area contributed by atoms with Gasteiger partial charge in [-0.3, -0.25) is 4.79 Å². The van der Waals surface area contributed by atoms with Crippen molar-refractivity contribution in [3.63, 3.8) is 0 Å². The molecule has 8 heteroatoms. The summed E-state index contributed by atoms with van der Waals surface area (Å²) in [6, 6.07) is -0.816. The van der Waals surface area contributed by atoms with Gasteiger partial charge in [-0.15, -0.1) is 0 Å². The number of thiol groups is 1. The summed E-state index contributed by atoms with van der Waals surface area (Å²) in [6.07, 6.45) is 1.12. The molecule has 1 unspecified atom stereocenters. The lowest BCUT2D eigenvalue weighted by atomic mass is 10.4. The molecule has 0 fully saturated rings. The number of carboxylic acids is 3. The second-order valence-corrected chi connectivity index (χ2v) is 2.50. The van der Waals surface area contributed by atoms with Gasteiger partial charge in [-0.2, -0.15) is 12.6 Å². The Bertz CT molecular complexity index is 248. The zero-order valence-corrected chi connectivity index (χ0v) is 8.42. The molecule has 0 rings (SSSR count). The first-order valence-corrected chi connectivity index (χ1v) is 4.17. The molecule has 0 aromatic heterocycles. The molecule has 0 saturated carbocycles. The highest BCUT2D eigenvalue weighted by Gasteiger charge is 2.06. The maximum absolute atomic E-state index is 9.76. The molecule has 0 bridgehead atoms. The van der Waals surface area contributed by atoms with E-state index in [1.807, 2.05) is 0 Å². The highest BCUT2D eigenvalue weighted by Crippen LogP contribution is 1.80. The van der Waals surface area contributed by atoms with Crippen molar-refractivity contribution in [1.29, 1.82) is 0 Å². The molecule has 86 valence electrons. The summed E-state index contributed by atoms with van der Waals surface area (Å²) in [5.41, 5.74) is 4.94. The Kier molecular flexibility index (Phi) is 9.58. The van der Waals surface area contributed by atoms with Crippen LogP contribution in [0.25, 0.3) is 0 Å². The number of hydrogen-bond acceptors (Lipinski definition) is 5. The molecule has 0 amide bonds. The number of carboxylic acid groups (broad SMARTS) is 3. The van der Waals surface area contributed by atoms with E-state index in [1.165, 1.54) is 0 Å². The van der Waals surface area contributed by atoms with Crippen molar-refractivity contribution in [3.8, 4) is 0 Å². The SMILES string of the molecule is NC(CS)C(=O)O.O=C(O)/C=C/C(=O)O. The highest BCUT2D eigenvalue weighted by atomic mass is 32.1. The molecular weight excluding hydrogens is 226 g/mol. The Morgan fingerprint density at radius 2 is 1.47 bits per heavy atom. The van der Waals surface area contributed by atoms with E-state index in [-0.39, 0.29) is 5.75 Å². The van der Waals surface area contributed by atoms with Crippen molar-refractivity contribution in [2.24, 2.45) is 5.73 Å². The first kappa shape index (κ1) is 15.9. The third-order valence-electron chi connectivity index (χ3n) is 0.882.